The Hall–Kier alpha value is -3.35. The number of hydrogen-bond acceptors (Lipinski definition) is 9. The zero-order chi connectivity index (χ0) is 31.8. The number of aliphatic hydroxyl groups excluding tert-OH is 2. The summed E-state index contributed by atoms with van der Waals surface area (Å²) in [7, 11) is -8.18. The van der Waals surface area contributed by atoms with Gasteiger partial charge in [0.15, 0.2) is 0 Å². The molecule has 0 aliphatic carbocycles. The third-order valence-corrected chi connectivity index (χ3v) is 9.77. The van der Waals surface area contributed by atoms with Gasteiger partial charge < -0.3 is 20.3 Å². The summed E-state index contributed by atoms with van der Waals surface area (Å²) in [6.07, 6.45) is -5.10. The number of carbonyl (C=O) groups is 1. The molecule has 1 amide bonds. The van der Waals surface area contributed by atoms with Crippen LogP contribution in [0.2, 0.25) is 0 Å². The summed E-state index contributed by atoms with van der Waals surface area (Å²) >= 11 is 0. The van der Waals surface area contributed by atoms with E-state index in [1.165, 1.54) is 37.3 Å². The molecule has 1 fully saturated rings. The van der Waals surface area contributed by atoms with Crippen LogP contribution in [-0.2, 0) is 31.3 Å². The van der Waals surface area contributed by atoms with E-state index in [0.29, 0.717) is 11.1 Å². The summed E-state index contributed by atoms with van der Waals surface area (Å²) in [6.45, 7) is 0.748. The van der Waals surface area contributed by atoms with E-state index in [0.717, 1.165) is 21.8 Å². The third-order valence-electron chi connectivity index (χ3n) is 7.20. The topological polar surface area (TPSA) is 189 Å². The first-order valence-corrected chi connectivity index (χ1v) is 15.9. The van der Waals surface area contributed by atoms with Crippen molar-refractivity contribution in [2.45, 2.75) is 49.1 Å². The van der Waals surface area contributed by atoms with E-state index in [9.17, 15) is 45.0 Å². The fraction of sp³-hybridized carbons (Fsp3) is 0.385. The van der Waals surface area contributed by atoms with Crippen molar-refractivity contribution in [1.29, 1.82) is 0 Å². The Balaban J connectivity index is 1.51. The van der Waals surface area contributed by atoms with Gasteiger partial charge in [0, 0.05) is 30.5 Å². The second-order valence-electron chi connectivity index (χ2n) is 10.1. The minimum Gasteiger partial charge on any atom is -0.406 e. The average molecular weight is 647 g/mol. The van der Waals surface area contributed by atoms with Crippen molar-refractivity contribution in [3.63, 3.8) is 0 Å². The molecule has 2 aromatic rings. The molecule has 1 atom stereocenters. The number of nitrogens with two attached hydrogens (primary N) is 1. The first kappa shape index (κ1) is 32.6. The van der Waals surface area contributed by atoms with Crippen LogP contribution in [0.4, 0.5) is 13.2 Å². The van der Waals surface area contributed by atoms with Gasteiger partial charge in [-0.1, -0.05) is 18.2 Å². The number of halogens is 3. The van der Waals surface area contributed by atoms with E-state index in [1.54, 1.807) is 0 Å². The molecular formula is C26H29F3N4O8S2. The van der Waals surface area contributed by atoms with Crippen molar-refractivity contribution in [3.8, 4) is 5.75 Å². The van der Waals surface area contributed by atoms with E-state index < -0.39 is 56.3 Å². The zero-order valence-electron chi connectivity index (χ0n) is 22.7. The lowest BCUT2D eigenvalue weighted by atomic mass is 9.89. The molecule has 0 saturated carbocycles. The van der Waals surface area contributed by atoms with Crippen LogP contribution in [0.15, 0.2) is 51.7 Å². The molecule has 0 bridgehead atoms. The fourth-order valence-corrected chi connectivity index (χ4v) is 6.96. The summed E-state index contributed by atoms with van der Waals surface area (Å²) in [6, 6.07) is 7.53. The molecule has 2 heterocycles. The van der Waals surface area contributed by atoms with Crippen LogP contribution in [-0.4, -0.2) is 80.8 Å². The quantitative estimate of drug-likeness (QED) is 0.312. The maximum absolute atomic E-state index is 13.1. The number of ether oxygens (including phenoxy) is 1. The van der Waals surface area contributed by atoms with Gasteiger partial charge in [-0.2, -0.15) is 4.31 Å². The van der Waals surface area contributed by atoms with Gasteiger partial charge in [-0.3, -0.25) is 9.79 Å². The normalized spacial score (nSPS) is 18.6. The predicted molar refractivity (Wildman–Crippen MR) is 149 cm³/mol. The highest BCUT2D eigenvalue weighted by Crippen LogP contribution is 2.33. The second kappa shape index (κ2) is 12.0. The van der Waals surface area contributed by atoms with Gasteiger partial charge in [-0.05, 0) is 60.7 Å². The van der Waals surface area contributed by atoms with Crippen LogP contribution in [0.1, 0.15) is 35.1 Å². The molecule has 4 rings (SSSR count). The number of rotatable bonds is 9. The Labute approximate surface area is 245 Å². The molecule has 0 radical (unpaired) electrons. The summed E-state index contributed by atoms with van der Waals surface area (Å²) in [5, 5.41) is 27.9. The monoisotopic (exact) mass is 646 g/mol. The molecule has 43 heavy (non-hydrogen) atoms. The van der Waals surface area contributed by atoms with Crippen molar-refractivity contribution in [3.05, 3.63) is 64.1 Å². The second-order valence-corrected chi connectivity index (χ2v) is 13.5. The molecule has 0 unspecified atom stereocenters. The number of carbonyl (C=O) groups excluding carboxylic acids is 1. The fourth-order valence-electron chi connectivity index (χ4n) is 4.94. The van der Waals surface area contributed by atoms with Crippen LogP contribution in [0.5, 0.6) is 5.75 Å². The Kier molecular flexibility index (Phi) is 9.07. The van der Waals surface area contributed by atoms with Crippen LogP contribution < -0.4 is 15.2 Å². The lowest BCUT2D eigenvalue weighted by molar-refractivity contribution is -0.274. The SMILES string of the molecule is Cc1c(/C=C/S(=O)(=O)N2CCC3(CC2)N=C(c2cccc(OC(F)(F)F)c2)NC3=O)ccc(S(N)(=O)=O)c1C[C@@H](O)CO. The summed E-state index contributed by atoms with van der Waals surface area (Å²) < 4.78 is 93.3. The van der Waals surface area contributed by atoms with Crippen LogP contribution in [0.25, 0.3) is 6.08 Å². The molecule has 234 valence electrons. The van der Waals surface area contributed by atoms with Gasteiger partial charge in [0.25, 0.3) is 5.91 Å². The molecular weight excluding hydrogens is 617 g/mol. The third kappa shape index (κ3) is 7.42. The van der Waals surface area contributed by atoms with E-state index in [2.05, 4.69) is 15.0 Å². The molecule has 12 nitrogen and oxygen atoms in total. The lowest BCUT2D eigenvalue weighted by Crippen LogP contribution is -2.50. The summed E-state index contributed by atoms with van der Waals surface area (Å²) in [5.74, 6) is -0.934. The van der Waals surface area contributed by atoms with E-state index in [1.807, 2.05) is 0 Å². The number of piperidine rings is 1. The highest BCUT2D eigenvalue weighted by atomic mass is 32.2. The maximum Gasteiger partial charge on any atom is 0.573 e. The number of aliphatic imine (C=N–C) groups is 1. The first-order valence-electron chi connectivity index (χ1n) is 12.8. The molecule has 2 aliphatic heterocycles. The number of benzene rings is 2. The number of nitrogens with zero attached hydrogens (tertiary/aromatic N) is 2. The maximum atomic E-state index is 13.1. The van der Waals surface area contributed by atoms with Gasteiger partial charge >= 0.3 is 6.36 Å². The predicted octanol–water partition coefficient (Wildman–Crippen LogP) is 1.15. The largest absolute Gasteiger partial charge is 0.573 e. The van der Waals surface area contributed by atoms with Crippen molar-refractivity contribution in [1.82, 2.24) is 9.62 Å². The van der Waals surface area contributed by atoms with Gasteiger partial charge in [-0.25, -0.2) is 22.0 Å². The Morgan fingerprint density at radius 2 is 1.86 bits per heavy atom. The average Bonchev–Trinajstić information content (AvgIpc) is 3.22. The van der Waals surface area contributed by atoms with Gasteiger partial charge in [0.2, 0.25) is 20.0 Å². The van der Waals surface area contributed by atoms with Crippen molar-refractivity contribution in [2.24, 2.45) is 10.1 Å². The molecule has 17 heteroatoms. The number of amides is 1. The molecule has 5 N–H and O–H groups in total. The van der Waals surface area contributed by atoms with Gasteiger partial charge in [0.05, 0.1) is 17.6 Å². The summed E-state index contributed by atoms with van der Waals surface area (Å²) in [5.41, 5.74) is -0.281. The smallest absolute Gasteiger partial charge is 0.406 e. The first-order chi connectivity index (χ1) is 19.9. The zero-order valence-corrected chi connectivity index (χ0v) is 24.3. The van der Waals surface area contributed by atoms with Crippen LogP contribution in [0, 0.1) is 6.92 Å². The van der Waals surface area contributed by atoms with E-state index in [-0.39, 0.29) is 54.2 Å². The standard InChI is InChI=1S/C26H29F3N4O8S2/c1-16-17(5-6-22(43(30,39)40)21(16)14-19(35)15-34)7-12-42(37,38)33-10-8-25(9-11-33)24(36)31-23(32-25)18-3-2-4-20(13-18)41-26(27,28)29/h2-7,12-13,19,34-35H,8-11,14-15H2,1H3,(H2,30,39,40)(H,31,32,36)/b12-7+/t19-/m1/s1. The van der Waals surface area contributed by atoms with Gasteiger partial charge in [-0.15, -0.1) is 13.2 Å². The number of sulfonamides is 2. The summed E-state index contributed by atoms with van der Waals surface area (Å²) in [4.78, 5) is 17.1. The number of nitrogens with one attached hydrogen (secondary N) is 1. The Morgan fingerprint density at radius 3 is 2.47 bits per heavy atom. The lowest BCUT2D eigenvalue weighted by Gasteiger charge is -2.34. The number of hydrogen-bond donors (Lipinski definition) is 4. The molecule has 2 aliphatic rings. The minimum atomic E-state index is -4.90. The number of amidine groups is 1. The molecule has 2 aromatic carbocycles. The van der Waals surface area contributed by atoms with E-state index in [4.69, 9.17) is 5.14 Å². The molecule has 0 aromatic heterocycles. The number of aliphatic hydroxyl groups is 2. The Morgan fingerprint density at radius 1 is 1.19 bits per heavy atom. The number of primary sulfonamides is 1. The molecule has 1 spiro atoms. The van der Waals surface area contributed by atoms with E-state index >= 15 is 0 Å². The Bertz CT molecular complexity index is 1680. The highest BCUT2D eigenvalue weighted by Gasteiger charge is 2.47. The van der Waals surface area contributed by atoms with Crippen molar-refractivity contribution in [2.75, 3.05) is 19.7 Å². The highest BCUT2D eigenvalue weighted by molar-refractivity contribution is 7.92. The molecule has 1 saturated heterocycles. The minimum absolute atomic E-state index is 0.0133. The van der Waals surface area contributed by atoms with Crippen LogP contribution in [0.3, 0.4) is 0 Å². The van der Waals surface area contributed by atoms with Gasteiger partial charge in [0.1, 0.15) is 17.1 Å². The van der Waals surface area contributed by atoms with Crippen LogP contribution >= 0.6 is 0 Å². The number of alkyl halides is 3. The van der Waals surface area contributed by atoms with Crippen molar-refractivity contribution < 1.29 is 49.8 Å². The van der Waals surface area contributed by atoms with Crippen molar-refractivity contribution >= 4 is 37.9 Å².